The van der Waals surface area contributed by atoms with E-state index in [2.05, 4.69) is 75.8 Å². The average molecular weight is 329 g/mol. The van der Waals surface area contributed by atoms with Crippen LogP contribution in [0.3, 0.4) is 0 Å². The number of nitrogens with one attached hydrogen (secondary N) is 1. The molecule has 0 aliphatic heterocycles. The SMILES string of the molecule is C[C@@H](Nc1ncnc2c1cnn2C)c1ccc(-c2ccccc2)cc1. The summed E-state index contributed by atoms with van der Waals surface area (Å²) in [7, 11) is 1.88. The van der Waals surface area contributed by atoms with Crippen LogP contribution in [-0.4, -0.2) is 19.7 Å². The third kappa shape index (κ3) is 2.96. The Morgan fingerprint density at radius 3 is 2.40 bits per heavy atom. The molecule has 2 heterocycles. The first-order valence-electron chi connectivity index (χ1n) is 8.27. The Morgan fingerprint density at radius 1 is 0.920 bits per heavy atom. The largest absolute Gasteiger partial charge is 0.363 e. The smallest absolute Gasteiger partial charge is 0.163 e. The molecule has 0 amide bonds. The van der Waals surface area contributed by atoms with Gasteiger partial charge in [0.05, 0.1) is 11.6 Å². The van der Waals surface area contributed by atoms with Crippen LogP contribution in [0.5, 0.6) is 0 Å². The van der Waals surface area contributed by atoms with Gasteiger partial charge in [0.15, 0.2) is 5.65 Å². The van der Waals surface area contributed by atoms with E-state index in [0.29, 0.717) is 0 Å². The molecule has 0 saturated heterocycles. The summed E-state index contributed by atoms with van der Waals surface area (Å²) in [5.41, 5.74) is 4.47. The first-order valence-corrected chi connectivity index (χ1v) is 8.27. The number of aryl methyl sites for hydroxylation is 1. The zero-order chi connectivity index (χ0) is 17.2. The van der Waals surface area contributed by atoms with Gasteiger partial charge in [-0.25, -0.2) is 9.97 Å². The number of rotatable bonds is 4. The highest BCUT2D eigenvalue weighted by Crippen LogP contribution is 2.25. The van der Waals surface area contributed by atoms with Crippen LogP contribution in [0.1, 0.15) is 18.5 Å². The Morgan fingerprint density at radius 2 is 1.64 bits per heavy atom. The minimum Gasteiger partial charge on any atom is -0.363 e. The molecule has 2 aromatic carbocycles. The topological polar surface area (TPSA) is 55.6 Å². The quantitative estimate of drug-likeness (QED) is 0.609. The highest BCUT2D eigenvalue weighted by molar-refractivity contribution is 5.86. The van der Waals surface area contributed by atoms with E-state index in [-0.39, 0.29) is 6.04 Å². The van der Waals surface area contributed by atoms with Crippen molar-refractivity contribution in [3.8, 4) is 11.1 Å². The maximum atomic E-state index is 4.38. The van der Waals surface area contributed by atoms with Crippen molar-refractivity contribution >= 4 is 16.9 Å². The van der Waals surface area contributed by atoms with Crippen LogP contribution in [0.25, 0.3) is 22.2 Å². The molecule has 0 aliphatic carbocycles. The monoisotopic (exact) mass is 329 g/mol. The number of hydrogen-bond acceptors (Lipinski definition) is 4. The zero-order valence-electron chi connectivity index (χ0n) is 14.2. The third-order valence-corrected chi connectivity index (χ3v) is 4.40. The van der Waals surface area contributed by atoms with E-state index >= 15 is 0 Å². The van der Waals surface area contributed by atoms with Crippen molar-refractivity contribution < 1.29 is 0 Å². The van der Waals surface area contributed by atoms with E-state index in [4.69, 9.17) is 0 Å². The first-order chi connectivity index (χ1) is 12.2. The molecule has 4 rings (SSSR count). The maximum Gasteiger partial charge on any atom is 0.163 e. The van der Waals surface area contributed by atoms with E-state index in [9.17, 15) is 0 Å². The highest BCUT2D eigenvalue weighted by Gasteiger charge is 2.11. The third-order valence-electron chi connectivity index (χ3n) is 4.40. The van der Waals surface area contributed by atoms with Gasteiger partial charge in [0.1, 0.15) is 12.1 Å². The normalized spacial score (nSPS) is 12.2. The van der Waals surface area contributed by atoms with Gasteiger partial charge in [-0.2, -0.15) is 5.10 Å². The van der Waals surface area contributed by atoms with Gasteiger partial charge in [0.25, 0.3) is 0 Å². The first kappa shape index (κ1) is 15.3. The van der Waals surface area contributed by atoms with Crippen LogP contribution in [-0.2, 0) is 7.05 Å². The molecule has 0 spiro atoms. The van der Waals surface area contributed by atoms with Crippen LogP contribution < -0.4 is 5.32 Å². The standard InChI is InChI=1S/C20H19N5/c1-14(24-19-18-12-23-25(2)20(18)22-13-21-19)15-8-10-17(11-9-15)16-6-4-3-5-7-16/h3-14H,1-2H3,(H,21,22,24)/t14-/m1/s1. The fraction of sp³-hybridized carbons (Fsp3) is 0.150. The molecule has 124 valence electrons. The Kier molecular flexibility index (Phi) is 3.90. The van der Waals surface area contributed by atoms with Crippen LogP contribution >= 0.6 is 0 Å². The van der Waals surface area contributed by atoms with Gasteiger partial charge in [0.2, 0.25) is 0 Å². The number of benzene rings is 2. The summed E-state index contributed by atoms with van der Waals surface area (Å²) < 4.78 is 1.75. The van der Waals surface area contributed by atoms with E-state index in [1.54, 1.807) is 17.2 Å². The summed E-state index contributed by atoms with van der Waals surface area (Å²) in [5.74, 6) is 0.803. The summed E-state index contributed by atoms with van der Waals surface area (Å²) in [6.07, 6.45) is 3.36. The van der Waals surface area contributed by atoms with Gasteiger partial charge < -0.3 is 5.32 Å². The summed E-state index contributed by atoms with van der Waals surface area (Å²) in [4.78, 5) is 8.65. The number of fused-ring (bicyclic) bond motifs is 1. The lowest BCUT2D eigenvalue weighted by atomic mass is 10.0. The van der Waals surface area contributed by atoms with Crippen LogP contribution in [0, 0.1) is 0 Å². The molecule has 25 heavy (non-hydrogen) atoms. The predicted octanol–water partition coefficient (Wildman–Crippen LogP) is 4.20. The van der Waals surface area contributed by atoms with Crippen molar-refractivity contribution in [2.24, 2.45) is 7.05 Å². The second-order valence-corrected chi connectivity index (χ2v) is 6.08. The molecule has 0 aliphatic rings. The van der Waals surface area contributed by atoms with E-state index in [0.717, 1.165) is 16.9 Å². The lowest BCUT2D eigenvalue weighted by Crippen LogP contribution is -2.08. The molecule has 0 fully saturated rings. The number of anilines is 1. The molecule has 0 saturated carbocycles. The molecular formula is C20H19N5. The Labute approximate surface area is 146 Å². The fourth-order valence-corrected chi connectivity index (χ4v) is 2.96. The maximum absolute atomic E-state index is 4.38. The highest BCUT2D eigenvalue weighted by atomic mass is 15.3. The number of hydrogen-bond donors (Lipinski definition) is 1. The van der Waals surface area contributed by atoms with E-state index < -0.39 is 0 Å². The summed E-state index contributed by atoms with van der Waals surface area (Å²) in [6, 6.07) is 19.1. The van der Waals surface area contributed by atoms with Gasteiger partial charge in [-0.05, 0) is 23.6 Å². The minimum atomic E-state index is 0.128. The van der Waals surface area contributed by atoms with E-state index in [1.807, 2.05) is 13.1 Å². The molecule has 5 heteroatoms. The van der Waals surface area contributed by atoms with Gasteiger partial charge in [-0.3, -0.25) is 4.68 Å². The molecule has 0 bridgehead atoms. The summed E-state index contributed by atoms with van der Waals surface area (Å²) in [6.45, 7) is 2.13. The second-order valence-electron chi connectivity index (χ2n) is 6.08. The molecular weight excluding hydrogens is 310 g/mol. The Hall–Kier alpha value is -3.21. The Balaban J connectivity index is 1.57. The molecule has 0 radical (unpaired) electrons. The molecule has 1 N–H and O–H groups in total. The lowest BCUT2D eigenvalue weighted by molar-refractivity contribution is 0.785. The second kappa shape index (κ2) is 6.36. The van der Waals surface area contributed by atoms with Crippen molar-refractivity contribution in [1.29, 1.82) is 0 Å². The molecule has 4 aromatic rings. The van der Waals surface area contributed by atoms with Crippen LogP contribution in [0.4, 0.5) is 5.82 Å². The van der Waals surface area contributed by atoms with Gasteiger partial charge >= 0.3 is 0 Å². The molecule has 5 nitrogen and oxygen atoms in total. The van der Waals surface area contributed by atoms with Gasteiger partial charge in [-0.1, -0.05) is 54.6 Å². The number of nitrogens with zero attached hydrogens (tertiary/aromatic N) is 4. The van der Waals surface area contributed by atoms with Crippen molar-refractivity contribution in [1.82, 2.24) is 19.7 Å². The fourth-order valence-electron chi connectivity index (χ4n) is 2.96. The Bertz CT molecular complexity index is 990. The van der Waals surface area contributed by atoms with E-state index in [1.165, 1.54) is 16.7 Å². The van der Waals surface area contributed by atoms with Crippen LogP contribution in [0.15, 0.2) is 67.1 Å². The summed E-state index contributed by atoms with van der Waals surface area (Å²) >= 11 is 0. The predicted molar refractivity (Wildman–Crippen MR) is 100 cm³/mol. The van der Waals surface area contributed by atoms with Gasteiger partial charge in [-0.15, -0.1) is 0 Å². The van der Waals surface area contributed by atoms with Crippen molar-refractivity contribution in [2.75, 3.05) is 5.32 Å². The van der Waals surface area contributed by atoms with Gasteiger partial charge in [0, 0.05) is 13.1 Å². The van der Waals surface area contributed by atoms with Crippen LogP contribution in [0.2, 0.25) is 0 Å². The average Bonchev–Trinajstić information content (AvgIpc) is 3.05. The minimum absolute atomic E-state index is 0.128. The van der Waals surface area contributed by atoms with Crippen molar-refractivity contribution in [2.45, 2.75) is 13.0 Å². The summed E-state index contributed by atoms with van der Waals surface area (Å²) in [5, 5.41) is 8.65. The van der Waals surface area contributed by atoms with Crippen molar-refractivity contribution in [3.63, 3.8) is 0 Å². The number of aromatic nitrogens is 4. The molecule has 2 aromatic heterocycles. The van der Waals surface area contributed by atoms with Crippen molar-refractivity contribution in [3.05, 3.63) is 72.7 Å². The molecule has 1 atom stereocenters. The lowest BCUT2D eigenvalue weighted by Gasteiger charge is -2.16. The molecule has 0 unspecified atom stereocenters. The zero-order valence-corrected chi connectivity index (χ0v) is 14.2.